The van der Waals surface area contributed by atoms with E-state index >= 15 is 0 Å². The molecule has 0 unspecified atom stereocenters. The molecule has 15 heavy (non-hydrogen) atoms. The van der Waals surface area contributed by atoms with E-state index in [9.17, 15) is 0 Å². The van der Waals surface area contributed by atoms with E-state index in [1.807, 2.05) is 23.6 Å². The average Bonchev–Trinajstić information content (AvgIpc) is 2.82. The van der Waals surface area contributed by atoms with Crippen LogP contribution >= 0.6 is 11.5 Å². The van der Waals surface area contributed by atoms with Crippen LogP contribution in [0.5, 0.6) is 11.5 Å². The lowest BCUT2D eigenvalue weighted by atomic mass is 10.1. The fourth-order valence-electron chi connectivity index (χ4n) is 1.49. The highest BCUT2D eigenvalue weighted by Crippen LogP contribution is 2.33. The Labute approximate surface area is 90.6 Å². The first-order valence-corrected chi connectivity index (χ1v) is 5.44. The topological polar surface area (TPSA) is 44.2 Å². The molecule has 1 aliphatic heterocycles. The number of aromatic nitrogens is 2. The van der Waals surface area contributed by atoms with Gasteiger partial charge in [0, 0.05) is 10.9 Å². The van der Waals surface area contributed by atoms with Crippen molar-refractivity contribution < 1.29 is 9.47 Å². The molecule has 0 saturated carbocycles. The molecule has 76 valence electrons. The van der Waals surface area contributed by atoms with E-state index in [4.69, 9.17) is 9.47 Å². The van der Waals surface area contributed by atoms with Crippen LogP contribution < -0.4 is 9.47 Å². The van der Waals surface area contributed by atoms with E-state index in [0.717, 1.165) is 22.8 Å². The van der Waals surface area contributed by atoms with Crippen LogP contribution in [-0.2, 0) is 0 Å². The normalized spacial score (nSPS) is 13.9. The molecule has 0 aliphatic carbocycles. The summed E-state index contributed by atoms with van der Waals surface area (Å²) in [5.74, 6) is 1.58. The zero-order chi connectivity index (χ0) is 10.1. The van der Waals surface area contributed by atoms with Gasteiger partial charge in [0.1, 0.15) is 18.9 Å². The van der Waals surface area contributed by atoms with Crippen molar-refractivity contribution in [2.45, 2.75) is 0 Å². The van der Waals surface area contributed by atoms with E-state index in [1.165, 1.54) is 11.5 Å². The Balaban J connectivity index is 2.04. The highest BCUT2D eigenvalue weighted by molar-refractivity contribution is 7.03. The van der Waals surface area contributed by atoms with Gasteiger partial charge in [-0.25, -0.2) is 0 Å². The molecule has 0 fully saturated rings. The Morgan fingerprint density at radius 1 is 1.13 bits per heavy atom. The second-order valence-electron chi connectivity index (χ2n) is 3.15. The Morgan fingerprint density at radius 2 is 2.00 bits per heavy atom. The Hall–Kier alpha value is -1.62. The fraction of sp³-hybridized carbons (Fsp3) is 0.200. The molecular formula is C10H8N2O2S. The molecule has 2 aromatic rings. The molecule has 5 heteroatoms. The molecule has 1 aromatic carbocycles. The third-order valence-electron chi connectivity index (χ3n) is 2.20. The van der Waals surface area contributed by atoms with E-state index in [2.05, 4.69) is 9.59 Å². The van der Waals surface area contributed by atoms with Crippen LogP contribution in [0.1, 0.15) is 0 Å². The van der Waals surface area contributed by atoms with Gasteiger partial charge in [0.05, 0.1) is 0 Å². The van der Waals surface area contributed by atoms with E-state index < -0.39 is 0 Å². The zero-order valence-electron chi connectivity index (χ0n) is 7.84. The Kier molecular flexibility index (Phi) is 2.03. The van der Waals surface area contributed by atoms with Gasteiger partial charge in [0.25, 0.3) is 0 Å². The Bertz CT molecular complexity index is 470. The van der Waals surface area contributed by atoms with Crippen molar-refractivity contribution in [2.75, 3.05) is 13.2 Å². The number of hydrogen-bond donors (Lipinski definition) is 0. The molecule has 0 radical (unpaired) electrons. The van der Waals surface area contributed by atoms with Gasteiger partial charge in [-0.2, -0.15) is 0 Å². The average molecular weight is 220 g/mol. The first-order chi connectivity index (χ1) is 7.43. The van der Waals surface area contributed by atoms with E-state index in [1.54, 1.807) is 0 Å². The van der Waals surface area contributed by atoms with E-state index in [0.29, 0.717) is 13.2 Å². The lowest BCUT2D eigenvalue weighted by Crippen LogP contribution is -2.15. The maximum atomic E-state index is 5.49. The first-order valence-electron chi connectivity index (χ1n) is 4.60. The molecule has 4 nitrogen and oxygen atoms in total. The van der Waals surface area contributed by atoms with Gasteiger partial charge in [0.15, 0.2) is 11.5 Å². The monoisotopic (exact) mass is 220 g/mol. The van der Waals surface area contributed by atoms with Crippen molar-refractivity contribution >= 4 is 11.5 Å². The molecule has 3 rings (SSSR count). The SMILES string of the molecule is c1cc2c(cc1-c1csnn1)OCCO2. The molecule has 0 amide bonds. The smallest absolute Gasteiger partial charge is 0.162 e. The highest BCUT2D eigenvalue weighted by Gasteiger charge is 2.12. The van der Waals surface area contributed by atoms with E-state index in [-0.39, 0.29) is 0 Å². The van der Waals surface area contributed by atoms with Crippen LogP contribution in [0.4, 0.5) is 0 Å². The molecular weight excluding hydrogens is 212 g/mol. The third-order valence-corrected chi connectivity index (χ3v) is 2.70. The van der Waals surface area contributed by atoms with Gasteiger partial charge >= 0.3 is 0 Å². The van der Waals surface area contributed by atoms with Crippen LogP contribution in [0.15, 0.2) is 23.6 Å². The van der Waals surface area contributed by atoms with Crippen molar-refractivity contribution in [2.24, 2.45) is 0 Å². The van der Waals surface area contributed by atoms with Crippen molar-refractivity contribution in [3.63, 3.8) is 0 Å². The lowest BCUT2D eigenvalue weighted by molar-refractivity contribution is 0.171. The summed E-state index contributed by atoms with van der Waals surface area (Å²) in [5, 5.41) is 5.92. The van der Waals surface area contributed by atoms with Crippen molar-refractivity contribution in [3.8, 4) is 22.8 Å². The molecule has 0 saturated heterocycles. The molecule has 0 N–H and O–H groups in total. The summed E-state index contributed by atoms with van der Waals surface area (Å²) in [6.07, 6.45) is 0. The first kappa shape index (κ1) is 8.67. The number of hydrogen-bond acceptors (Lipinski definition) is 5. The summed E-state index contributed by atoms with van der Waals surface area (Å²) in [6, 6.07) is 5.80. The van der Waals surface area contributed by atoms with Crippen LogP contribution in [0.3, 0.4) is 0 Å². The molecule has 1 aromatic heterocycles. The second-order valence-corrected chi connectivity index (χ2v) is 3.76. The summed E-state index contributed by atoms with van der Waals surface area (Å²) >= 11 is 1.34. The van der Waals surface area contributed by atoms with Gasteiger partial charge in [-0.1, -0.05) is 4.49 Å². The molecule has 0 atom stereocenters. The zero-order valence-corrected chi connectivity index (χ0v) is 8.66. The maximum absolute atomic E-state index is 5.49. The minimum absolute atomic E-state index is 0.603. The lowest BCUT2D eigenvalue weighted by Gasteiger charge is -2.18. The quantitative estimate of drug-likeness (QED) is 0.737. The van der Waals surface area contributed by atoms with Gasteiger partial charge in [-0.3, -0.25) is 0 Å². The molecule has 1 aliphatic rings. The van der Waals surface area contributed by atoms with Crippen molar-refractivity contribution in [1.29, 1.82) is 0 Å². The minimum atomic E-state index is 0.603. The van der Waals surface area contributed by atoms with Crippen LogP contribution in [0.25, 0.3) is 11.3 Å². The number of rotatable bonds is 1. The number of fused-ring (bicyclic) bond motifs is 1. The predicted octanol–water partition coefficient (Wildman–Crippen LogP) is 1.98. The van der Waals surface area contributed by atoms with Gasteiger partial charge in [-0.05, 0) is 29.7 Å². The maximum Gasteiger partial charge on any atom is 0.162 e. The van der Waals surface area contributed by atoms with Gasteiger partial charge < -0.3 is 9.47 Å². The molecule has 0 spiro atoms. The highest BCUT2D eigenvalue weighted by atomic mass is 32.1. The minimum Gasteiger partial charge on any atom is -0.486 e. The second kappa shape index (κ2) is 3.51. The van der Waals surface area contributed by atoms with Crippen LogP contribution in [0.2, 0.25) is 0 Å². The fourth-order valence-corrected chi connectivity index (χ4v) is 1.96. The summed E-state index contributed by atoms with van der Waals surface area (Å²) in [6.45, 7) is 1.22. The van der Waals surface area contributed by atoms with Crippen LogP contribution in [0, 0.1) is 0 Å². The summed E-state index contributed by atoms with van der Waals surface area (Å²) in [4.78, 5) is 0. The summed E-state index contributed by atoms with van der Waals surface area (Å²) < 4.78 is 14.8. The van der Waals surface area contributed by atoms with Gasteiger partial charge in [0.2, 0.25) is 0 Å². The number of nitrogens with zero attached hydrogens (tertiary/aromatic N) is 2. The Morgan fingerprint density at radius 3 is 2.80 bits per heavy atom. The summed E-state index contributed by atoms with van der Waals surface area (Å²) in [7, 11) is 0. The third kappa shape index (κ3) is 1.55. The standard InChI is InChI=1S/C10H8N2O2S/c1-2-9-10(14-4-3-13-9)5-7(1)8-6-15-12-11-8/h1-2,5-6H,3-4H2. The van der Waals surface area contributed by atoms with Crippen LogP contribution in [-0.4, -0.2) is 22.8 Å². The number of benzene rings is 1. The van der Waals surface area contributed by atoms with Crippen molar-refractivity contribution in [3.05, 3.63) is 23.6 Å². The number of ether oxygens (including phenoxy) is 2. The molecule has 0 bridgehead atoms. The predicted molar refractivity (Wildman–Crippen MR) is 56.3 cm³/mol. The van der Waals surface area contributed by atoms with Crippen molar-refractivity contribution in [1.82, 2.24) is 9.59 Å². The molecule has 2 heterocycles. The van der Waals surface area contributed by atoms with Gasteiger partial charge in [-0.15, -0.1) is 5.10 Å². The summed E-state index contributed by atoms with van der Waals surface area (Å²) in [5.41, 5.74) is 1.88. The largest absolute Gasteiger partial charge is 0.486 e.